The Kier molecular flexibility index (Phi) is 5.39. The van der Waals surface area contributed by atoms with Crippen LogP contribution in [0.1, 0.15) is 11.1 Å². The van der Waals surface area contributed by atoms with Gasteiger partial charge in [-0.15, -0.1) is 0 Å². The molecule has 146 valence electrons. The Morgan fingerprint density at radius 3 is 2.66 bits per heavy atom. The summed E-state index contributed by atoms with van der Waals surface area (Å²) in [5, 5.41) is 3.44. The molecule has 0 spiro atoms. The van der Waals surface area contributed by atoms with Gasteiger partial charge in [-0.05, 0) is 42.8 Å². The third-order valence-electron chi connectivity index (χ3n) is 4.31. The number of thiazole rings is 1. The van der Waals surface area contributed by atoms with Gasteiger partial charge in [-0.1, -0.05) is 29.5 Å². The molecule has 1 N–H and O–H groups in total. The van der Waals surface area contributed by atoms with Crippen molar-refractivity contribution in [2.45, 2.75) is 13.3 Å². The summed E-state index contributed by atoms with van der Waals surface area (Å²) in [7, 11) is 1.62. The summed E-state index contributed by atoms with van der Waals surface area (Å²) in [5.74, 6) is 1.87. The number of hydrogen-bond acceptors (Lipinski definition) is 6. The zero-order valence-corrected chi connectivity index (χ0v) is 16.8. The highest BCUT2D eigenvalue weighted by Gasteiger charge is 2.10. The van der Waals surface area contributed by atoms with Crippen molar-refractivity contribution in [2.75, 3.05) is 12.4 Å². The van der Waals surface area contributed by atoms with Gasteiger partial charge in [-0.2, -0.15) is 0 Å². The molecule has 0 aliphatic rings. The summed E-state index contributed by atoms with van der Waals surface area (Å²) in [5.41, 5.74) is 2.65. The molecule has 7 heteroatoms. The molecule has 2 heterocycles. The Hall–Kier alpha value is -3.45. The van der Waals surface area contributed by atoms with Crippen molar-refractivity contribution in [3.05, 3.63) is 71.9 Å². The summed E-state index contributed by atoms with van der Waals surface area (Å²) in [6, 6.07) is 16.9. The molecule has 2 aromatic heterocycles. The maximum atomic E-state index is 12.4. The molecule has 0 atom stereocenters. The molecule has 0 bridgehead atoms. The minimum Gasteiger partial charge on any atom is -0.497 e. The van der Waals surface area contributed by atoms with Crippen LogP contribution in [0.2, 0.25) is 0 Å². The number of fused-ring (bicyclic) bond motifs is 1. The molecular formula is C22H19N3O3S. The highest BCUT2D eigenvalue weighted by molar-refractivity contribution is 7.22. The number of amides is 1. The molecule has 4 rings (SSSR count). The van der Waals surface area contributed by atoms with Gasteiger partial charge in [0, 0.05) is 17.8 Å². The Bertz CT molecular complexity index is 1160. The normalized spacial score (nSPS) is 10.7. The fourth-order valence-corrected chi connectivity index (χ4v) is 3.66. The second-order valence-corrected chi connectivity index (χ2v) is 7.48. The predicted octanol–water partition coefficient (Wildman–Crippen LogP) is 4.98. The number of pyridine rings is 1. The van der Waals surface area contributed by atoms with Crippen molar-refractivity contribution in [3.8, 4) is 17.4 Å². The van der Waals surface area contributed by atoms with Crippen LogP contribution >= 0.6 is 11.3 Å². The number of nitrogens with zero attached hydrogens (tertiary/aromatic N) is 2. The van der Waals surface area contributed by atoms with Crippen molar-refractivity contribution in [1.29, 1.82) is 0 Å². The van der Waals surface area contributed by atoms with E-state index in [-0.39, 0.29) is 12.3 Å². The van der Waals surface area contributed by atoms with E-state index in [9.17, 15) is 4.79 Å². The van der Waals surface area contributed by atoms with Gasteiger partial charge in [0.05, 0.1) is 23.7 Å². The van der Waals surface area contributed by atoms with Crippen molar-refractivity contribution in [2.24, 2.45) is 0 Å². The van der Waals surface area contributed by atoms with Crippen LogP contribution in [0, 0.1) is 6.92 Å². The average Bonchev–Trinajstić information content (AvgIpc) is 3.12. The van der Waals surface area contributed by atoms with Gasteiger partial charge in [0.1, 0.15) is 11.5 Å². The Morgan fingerprint density at radius 2 is 1.90 bits per heavy atom. The van der Waals surface area contributed by atoms with E-state index in [4.69, 9.17) is 9.47 Å². The monoisotopic (exact) mass is 405 g/mol. The van der Waals surface area contributed by atoms with Crippen LogP contribution < -0.4 is 14.8 Å². The molecule has 2 aromatic carbocycles. The number of benzene rings is 2. The van der Waals surface area contributed by atoms with Crippen LogP contribution in [-0.4, -0.2) is 23.0 Å². The topological polar surface area (TPSA) is 73.3 Å². The van der Waals surface area contributed by atoms with Crippen LogP contribution in [0.4, 0.5) is 5.13 Å². The highest BCUT2D eigenvalue weighted by atomic mass is 32.1. The fraction of sp³-hybridized carbons (Fsp3) is 0.136. The maximum Gasteiger partial charge on any atom is 0.230 e. The molecule has 0 aliphatic heterocycles. The number of carbonyl (C=O) groups excluding carboxylic acids is 1. The van der Waals surface area contributed by atoms with E-state index < -0.39 is 0 Å². The van der Waals surface area contributed by atoms with E-state index in [1.54, 1.807) is 13.3 Å². The number of methoxy groups -OCH3 is 1. The number of aryl methyl sites for hydroxylation is 1. The van der Waals surface area contributed by atoms with Gasteiger partial charge < -0.3 is 14.8 Å². The smallest absolute Gasteiger partial charge is 0.230 e. The lowest BCUT2D eigenvalue weighted by molar-refractivity contribution is -0.115. The molecule has 1 amide bonds. The Morgan fingerprint density at radius 1 is 1.10 bits per heavy atom. The molecule has 6 nitrogen and oxygen atoms in total. The standard InChI is InChI=1S/C22H19N3O3S/c1-14-4-3-11-23-21(14)28-16-7-5-15(6-8-16)12-20(26)25-22-24-18-13-17(27-2)9-10-19(18)29-22/h3-11,13H,12H2,1-2H3,(H,24,25,26). The lowest BCUT2D eigenvalue weighted by Gasteiger charge is -2.08. The number of aromatic nitrogens is 2. The first-order chi connectivity index (χ1) is 14.1. The quantitative estimate of drug-likeness (QED) is 0.490. The molecule has 0 radical (unpaired) electrons. The first-order valence-corrected chi connectivity index (χ1v) is 9.85. The summed E-state index contributed by atoms with van der Waals surface area (Å²) in [6.45, 7) is 1.94. The zero-order valence-electron chi connectivity index (χ0n) is 16.0. The zero-order chi connectivity index (χ0) is 20.2. The third-order valence-corrected chi connectivity index (χ3v) is 5.26. The molecule has 0 saturated carbocycles. The number of carbonyl (C=O) groups is 1. The van der Waals surface area contributed by atoms with E-state index in [1.165, 1.54) is 11.3 Å². The van der Waals surface area contributed by atoms with Crippen molar-refractivity contribution >= 4 is 32.6 Å². The second-order valence-electron chi connectivity index (χ2n) is 6.45. The van der Waals surface area contributed by atoms with Crippen LogP contribution in [0.15, 0.2) is 60.8 Å². The van der Waals surface area contributed by atoms with E-state index in [0.29, 0.717) is 16.8 Å². The summed E-state index contributed by atoms with van der Waals surface area (Å²) in [6.07, 6.45) is 1.95. The minimum atomic E-state index is -0.120. The van der Waals surface area contributed by atoms with Gasteiger partial charge in [0.15, 0.2) is 5.13 Å². The van der Waals surface area contributed by atoms with Crippen molar-refractivity contribution in [1.82, 2.24) is 9.97 Å². The van der Waals surface area contributed by atoms with E-state index in [0.717, 1.165) is 27.1 Å². The maximum absolute atomic E-state index is 12.4. The summed E-state index contributed by atoms with van der Waals surface area (Å²) < 4.78 is 12.0. The Labute approximate surface area is 172 Å². The molecule has 4 aromatic rings. The van der Waals surface area contributed by atoms with Crippen LogP contribution in [0.5, 0.6) is 17.4 Å². The van der Waals surface area contributed by atoms with Crippen LogP contribution in [0.3, 0.4) is 0 Å². The second kappa shape index (κ2) is 8.28. The minimum absolute atomic E-state index is 0.120. The lowest BCUT2D eigenvalue weighted by Crippen LogP contribution is -2.14. The molecule has 0 saturated heterocycles. The predicted molar refractivity (Wildman–Crippen MR) is 114 cm³/mol. The third kappa shape index (κ3) is 4.52. The van der Waals surface area contributed by atoms with Crippen LogP contribution in [-0.2, 0) is 11.2 Å². The van der Waals surface area contributed by atoms with Gasteiger partial charge in [0.2, 0.25) is 11.8 Å². The van der Waals surface area contributed by atoms with Gasteiger partial charge in [-0.3, -0.25) is 4.79 Å². The molecule has 0 aliphatic carbocycles. The Balaban J connectivity index is 1.39. The fourth-order valence-electron chi connectivity index (χ4n) is 2.80. The molecule has 0 unspecified atom stereocenters. The largest absolute Gasteiger partial charge is 0.497 e. The van der Waals surface area contributed by atoms with E-state index >= 15 is 0 Å². The number of rotatable bonds is 6. The van der Waals surface area contributed by atoms with E-state index in [1.807, 2.05) is 61.5 Å². The summed E-state index contributed by atoms with van der Waals surface area (Å²) in [4.78, 5) is 21.1. The molecule has 29 heavy (non-hydrogen) atoms. The van der Waals surface area contributed by atoms with Crippen molar-refractivity contribution < 1.29 is 14.3 Å². The molecular weight excluding hydrogens is 386 g/mol. The number of hydrogen-bond donors (Lipinski definition) is 1. The SMILES string of the molecule is COc1ccc2sc(NC(=O)Cc3ccc(Oc4ncccc4C)cc3)nc2c1. The highest BCUT2D eigenvalue weighted by Crippen LogP contribution is 2.29. The van der Waals surface area contributed by atoms with E-state index in [2.05, 4.69) is 15.3 Å². The van der Waals surface area contributed by atoms with Crippen molar-refractivity contribution in [3.63, 3.8) is 0 Å². The molecule has 0 fully saturated rings. The van der Waals surface area contributed by atoms with Gasteiger partial charge in [-0.25, -0.2) is 9.97 Å². The number of anilines is 1. The van der Waals surface area contributed by atoms with Crippen LogP contribution in [0.25, 0.3) is 10.2 Å². The first kappa shape index (κ1) is 18.9. The average molecular weight is 405 g/mol. The lowest BCUT2D eigenvalue weighted by atomic mass is 10.1. The van der Waals surface area contributed by atoms with Gasteiger partial charge >= 0.3 is 0 Å². The first-order valence-electron chi connectivity index (χ1n) is 9.03. The summed E-state index contributed by atoms with van der Waals surface area (Å²) >= 11 is 1.43. The number of nitrogens with one attached hydrogen (secondary N) is 1. The van der Waals surface area contributed by atoms with Gasteiger partial charge in [0.25, 0.3) is 0 Å². The number of ether oxygens (including phenoxy) is 2.